The molecular formula is C12H22N2O. The Labute approximate surface area is 92.2 Å². The second-order valence-electron chi connectivity index (χ2n) is 5.56. The third kappa shape index (κ3) is 1.78. The molecule has 0 bridgehead atoms. The minimum atomic E-state index is 0.0707. The first-order chi connectivity index (χ1) is 7.06. The van der Waals surface area contributed by atoms with E-state index in [1.54, 1.807) is 0 Å². The standard InChI is InChI=1S/C12H22N2O/c1-12(2)7-4-5-10(12)14-8-6-9(13-3)11(14)15/h9-10,13H,4-8H2,1-3H3. The second-order valence-corrected chi connectivity index (χ2v) is 5.56. The van der Waals surface area contributed by atoms with Crippen LogP contribution >= 0.6 is 0 Å². The Hall–Kier alpha value is -0.570. The van der Waals surface area contributed by atoms with Gasteiger partial charge in [-0.3, -0.25) is 4.79 Å². The number of likely N-dealkylation sites (N-methyl/N-ethyl adjacent to an activating group) is 1. The number of hydrogen-bond donors (Lipinski definition) is 1. The summed E-state index contributed by atoms with van der Waals surface area (Å²) in [5.74, 6) is 0.317. The van der Waals surface area contributed by atoms with Crippen LogP contribution in [0.5, 0.6) is 0 Å². The van der Waals surface area contributed by atoms with Gasteiger partial charge in [-0.1, -0.05) is 20.3 Å². The number of nitrogens with zero attached hydrogens (tertiary/aromatic N) is 1. The van der Waals surface area contributed by atoms with Crippen LogP contribution in [-0.4, -0.2) is 36.5 Å². The van der Waals surface area contributed by atoms with Crippen molar-refractivity contribution in [3.8, 4) is 0 Å². The van der Waals surface area contributed by atoms with Crippen LogP contribution < -0.4 is 5.32 Å². The van der Waals surface area contributed by atoms with Crippen molar-refractivity contribution in [2.75, 3.05) is 13.6 Å². The van der Waals surface area contributed by atoms with Gasteiger partial charge in [0.15, 0.2) is 0 Å². The number of amides is 1. The highest BCUT2D eigenvalue weighted by Gasteiger charge is 2.44. The minimum Gasteiger partial charge on any atom is -0.338 e. The maximum Gasteiger partial charge on any atom is 0.240 e. The SMILES string of the molecule is CNC1CCN(C2CCCC2(C)C)C1=O. The normalized spacial score (nSPS) is 35.1. The van der Waals surface area contributed by atoms with E-state index in [0.717, 1.165) is 13.0 Å². The Morgan fingerprint density at radius 2 is 2.13 bits per heavy atom. The monoisotopic (exact) mass is 210 g/mol. The molecule has 0 spiro atoms. The molecule has 1 heterocycles. The quantitative estimate of drug-likeness (QED) is 0.747. The van der Waals surface area contributed by atoms with Crippen molar-refractivity contribution < 1.29 is 4.79 Å². The van der Waals surface area contributed by atoms with Gasteiger partial charge in [-0.25, -0.2) is 0 Å². The van der Waals surface area contributed by atoms with Gasteiger partial charge in [0.1, 0.15) is 0 Å². The summed E-state index contributed by atoms with van der Waals surface area (Å²) in [7, 11) is 1.88. The molecule has 1 aliphatic heterocycles. The van der Waals surface area contributed by atoms with Gasteiger partial charge in [-0.2, -0.15) is 0 Å². The summed E-state index contributed by atoms with van der Waals surface area (Å²) in [5, 5.41) is 3.10. The largest absolute Gasteiger partial charge is 0.338 e. The number of carbonyl (C=O) groups excluding carboxylic acids is 1. The fourth-order valence-electron chi connectivity index (χ4n) is 3.17. The lowest BCUT2D eigenvalue weighted by Gasteiger charge is -2.35. The van der Waals surface area contributed by atoms with Crippen molar-refractivity contribution in [1.29, 1.82) is 0 Å². The fourth-order valence-corrected chi connectivity index (χ4v) is 3.17. The highest BCUT2D eigenvalue weighted by molar-refractivity contribution is 5.84. The molecule has 1 saturated carbocycles. The number of carbonyl (C=O) groups is 1. The Morgan fingerprint density at radius 3 is 2.60 bits per heavy atom. The maximum absolute atomic E-state index is 12.1. The zero-order valence-electron chi connectivity index (χ0n) is 10.0. The molecule has 1 N–H and O–H groups in total. The third-order valence-electron chi connectivity index (χ3n) is 4.17. The molecular weight excluding hydrogens is 188 g/mol. The molecule has 2 fully saturated rings. The Morgan fingerprint density at radius 1 is 1.40 bits per heavy atom. The molecule has 86 valence electrons. The van der Waals surface area contributed by atoms with E-state index in [0.29, 0.717) is 17.4 Å². The summed E-state index contributed by atoms with van der Waals surface area (Å²) < 4.78 is 0. The maximum atomic E-state index is 12.1. The molecule has 0 aromatic carbocycles. The molecule has 1 aliphatic carbocycles. The van der Waals surface area contributed by atoms with Crippen molar-refractivity contribution in [3.05, 3.63) is 0 Å². The van der Waals surface area contributed by atoms with Crippen molar-refractivity contribution in [1.82, 2.24) is 10.2 Å². The zero-order chi connectivity index (χ0) is 11.1. The van der Waals surface area contributed by atoms with E-state index in [9.17, 15) is 4.79 Å². The summed E-state index contributed by atoms with van der Waals surface area (Å²) in [4.78, 5) is 14.2. The van der Waals surface area contributed by atoms with Crippen LogP contribution in [0, 0.1) is 5.41 Å². The molecule has 2 unspecified atom stereocenters. The molecule has 15 heavy (non-hydrogen) atoms. The van der Waals surface area contributed by atoms with Gasteiger partial charge in [0.25, 0.3) is 0 Å². The highest BCUT2D eigenvalue weighted by Crippen LogP contribution is 2.41. The average Bonchev–Trinajstić information content (AvgIpc) is 2.69. The number of nitrogens with one attached hydrogen (secondary N) is 1. The van der Waals surface area contributed by atoms with Crippen LogP contribution in [0.15, 0.2) is 0 Å². The first-order valence-electron chi connectivity index (χ1n) is 6.04. The molecule has 1 amide bonds. The Bertz CT molecular complexity index is 262. The van der Waals surface area contributed by atoms with Crippen LogP contribution in [0.25, 0.3) is 0 Å². The van der Waals surface area contributed by atoms with Gasteiger partial charge in [-0.15, -0.1) is 0 Å². The van der Waals surface area contributed by atoms with Crippen molar-refractivity contribution >= 4 is 5.91 Å². The van der Waals surface area contributed by atoms with Crippen molar-refractivity contribution in [2.24, 2.45) is 5.41 Å². The lowest BCUT2D eigenvalue weighted by molar-refractivity contribution is -0.132. The summed E-state index contributed by atoms with van der Waals surface area (Å²) >= 11 is 0. The van der Waals surface area contributed by atoms with E-state index in [2.05, 4.69) is 24.1 Å². The lowest BCUT2D eigenvalue weighted by atomic mass is 9.86. The predicted molar refractivity (Wildman–Crippen MR) is 60.6 cm³/mol. The smallest absolute Gasteiger partial charge is 0.240 e. The summed E-state index contributed by atoms with van der Waals surface area (Å²) in [6.07, 6.45) is 4.69. The van der Waals surface area contributed by atoms with Gasteiger partial charge in [0, 0.05) is 12.6 Å². The fraction of sp³-hybridized carbons (Fsp3) is 0.917. The third-order valence-corrected chi connectivity index (χ3v) is 4.17. The molecule has 3 nitrogen and oxygen atoms in total. The number of rotatable bonds is 2. The van der Waals surface area contributed by atoms with E-state index in [1.165, 1.54) is 19.3 Å². The molecule has 0 aromatic rings. The summed E-state index contributed by atoms with van der Waals surface area (Å²) in [5.41, 5.74) is 0.318. The van der Waals surface area contributed by atoms with Crippen LogP contribution in [0.1, 0.15) is 39.5 Å². The number of likely N-dealkylation sites (tertiary alicyclic amines) is 1. The summed E-state index contributed by atoms with van der Waals surface area (Å²) in [6.45, 7) is 5.54. The van der Waals surface area contributed by atoms with E-state index in [1.807, 2.05) is 7.05 Å². The van der Waals surface area contributed by atoms with E-state index >= 15 is 0 Å². The molecule has 2 aliphatic rings. The molecule has 0 radical (unpaired) electrons. The summed E-state index contributed by atoms with van der Waals surface area (Å²) in [6, 6.07) is 0.546. The van der Waals surface area contributed by atoms with Gasteiger partial charge in [0.05, 0.1) is 6.04 Å². The first kappa shape index (κ1) is 10.9. The van der Waals surface area contributed by atoms with Gasteiger partial charge >= 0.3 is 0 Å². The van der Waals surface area contributed by atoms with Crippen molar-refractivity contribution in [3.63, 3.8) is 0 Å². The predicted octanol–water partition coefficient (Wildman–Crippen LogP) is 1.39. The zero-order valence-corrected chi connectivity index (χ0v) is 10.0. The van der Waals surface area contributed by atoms with Crippen LogP contribution in [0.4, 0.5) is 0 Å². The Balaban J connectivity index is 2.09. The number of hydrogen-bond acceptors (Lipinski definition) is 2. The lowest BCUT2D eigenvalue weighted by Crippen LogP contribution is -2.46. The van der Waals surface area contributed by atoms with Crippen LogP contribution in [0.3, 0.4) is 0 Å². The first-order valence-corrected chi connectivity index (χ1v) is 6.04. The molecule has 2 rings (SSSR count). The van der Waals surface area contributed by atoms with Gasteiger partial charge in [0.2, 0.25) is 5.91 Å². The topological polar surface area (TPSA) is 32.3 Å². The molecule has 2 atom stereocenters. The minimum absolute atomic E-state index is 0.0707. The molecule has 0 aromatic heterocycles. The highest BCUT2D eigenvalue weighted by atomic mass is 16.2. The van der Waals surface area contributed by atoms with Crippen molar-refractivity contribution in [2.45, 2.75) is 51.6 Å². The van der Waals surface area contributed by atoms with Gasteiger partial charge in [-0.05, 0) is 31.7 Å². The van der Waals surface area contributed by atoms with E-state index in [-0.39, 0.29) is 6.04 Å². The van der Waals surface area contributed by atoms with E-state index < -0.39 is 0 Å². The van der Waals surface area contributed by atoms with Crippen LogP contribution in [0.2, 0.25) is 0 Å². The molecule has 3 heteroatoms. The Kier molecular flexibility index (Phi) is 2.75. The average molecular weight is 210 g/mol. The van der Waals surface area contributed by atoms with Gasteiger partial charge < -0.3 is 10.2 Å². The second kappa shape index (κ2) is 3.78. The van der Waals surface area contributed by atoms with E-state index in [4.69, 9.17) is 0 Å². The van der Waals surface area contributed by atoms with Crippen LogP contribution in [-0.2, 0) is 4.79 Å². The molecule has 1 saturated heterocycles.